The van der Waals surface area contributed by atoms with Crippen molar-refractivity contribution in [3.63, 3.8) is 0 Å². The lowest BCUT2D eigenvalue weighted by atomic mass is 9.96. The standard InChI is InChI=1S/C20H23NO3S/c22-19(21-9-7-16(8-10-21)20-23-11-12-24-20)14-25-18-6-5-15-3-1-2-4-17(15)13-18/h1-6,13,16,20H,7-12,14H2. The average molecular weight is 357 g/mol. The van der Waals surface area contributed by atoms with E-state index in [1.807, 2.05) is 17.0 Å². The number of hydrogen-bond donors (Lipinski definition) is 0. The van der Waals surface area contributed by atoms with Crippen molar-refractivity contribution in [1.82, 2.24) is 4.90 Å². The first-order valence-corrected chi connectivity index (χ1v) is 9.91. The number of likely N-dealkylation sites (tertiary alicyclic amines) is 1. The van der Waals surface area contributed by atoms with Crippen LogP contribution < -0.4 is 0 Å². The van der Waals surface area contributed by atoms with E-state index in [1.165, 1.54) is 10.8 Å². The maximum atomic E-state index is 12.5. The van der Waals surface area contributed by atoms with Gasteiger partial charge in [0.25, 0.3) is 0 Å². The second-order valence-corrected chi connectivity index (χ2v) is 7.67. The van der Waals surface area contributed by atoms with E-state index in [1.54, 1.807) is 11.8 Å². The van der Waals surface area contributed by atoms with Crippen molar-refractivity contribution in [3.8, 4) is 0 Å². The van der Waals surface area contributed by atoms with E-state index < -0.39 is 0 Å². The summed E-state index contributed by atoms with van der Waals surface area (Å²) in [7, 11) is 0. The summed E-state index contributed by atoms with van der Waals surface area (Å²) in [5, 5.41) is 2.45. The molecule has 1 amide bonds. The molecule has 0 unspecified atom stereocenters. The van der Waals surface area contributed by atoms with Crippen LogP contribution in [0.15, 0.2) is 47.4 Å². The molecule has 0 spiro atoms. The van der Waals surface area contributed by atoms with Crippen molar-refractivity contribution in [1.29, 1.82) is 0 Å². The zero-order valence-electron chi connectivity index (χ0n) is 14.2. The molecule has 2 aromatic carbocycles. The van der Waals surface area contributed by atoms with Gasteiger partial charge in [0, 0.05) is 23.9 Å². The molecule has 2 saturated heterocycles. The first kappa shape index (κ1) is 16.9. The normalized spacial score (nSPS) is 19.6. The zero-order chi connectivity index (χ0) is 17.1. The topological polar surface area (TPSA) is 38.8 Å². The second kappa shape index (κ2) is 7.77. The van der Waals surface area contributed by atoms with E-state index in [-0.39, 0.29) is 12.2 Å². The summed E-state index contributed by atoms with van der Waals surface area (Å²) in [6.45, 7) is 3.02. The Morgan fingerprint density at radius 1 is 1.04 bits per heavy atom. The van der Waals surface area contributed by atoms with Gasteiger partial charge in [0.1, 0.15) is 0 Å². The molecule has 0 N–H and O–H groups in total. The van der Waals surface area contributed by atoms with Gasteiger partial charge in [-0.3, -0.25) is 4.79 Å². The minimum atomic E-state index is -0.0516. The van der Waals surface area contributed by atoms with Crippen LogP contribution in [0.2, 0.25) is 0 Å². The summed E-state index contributed by atoms with van der Waals surface area (Å²) in [5.41, 5.74) is 0. The third-order valence-corrected chi connectivity index (χ3v) is 5.99. The molecule has 2 heterocycles. The van der Waals surface area contributed by atoms with Crippen molar-refractivity contribution in [2.75, 3.05) is 32.1 Å². The Hall–Kier alpha value is -1.56. The van der Waals surface area contributed by atoms with Crippen LogP contribution in [0.25, 0.3) is 10.8 Å². The second-order valence-electron chi connectivity index (χ2n) is 6.63. The Labute approximate surface area is 152 Å². The quantitative estimate of drug-likeness (QED) is 0.785. The van der Waals surface area contributed by atoms with Crippen molar-refractivity contribution in [3.05, 3.63) is 42.5 Å². The van der Waals surface area contributed by atoms with Gasteiger partial charge in [-0.2, -0.15) is 0 Å². The molecule has 2 aromatic rings. The number of carbonyl (C=O) groups excluding carboxylic acids is 1. The first-order valence-electron chi connectivity index (χ1n) is 8.92. The van der Waals surface area contributed by atoms with Crippen LogP contribution in [-0.2, 0) is 14.3 Å². The van der Waals surface area contributed by atoms with Gasteiger partial charge in [-0.25, -0.2) is 0 Å². The molecule has 2 aliphatic rings. The molecule has 132 valence electrons. The summed E-state index contributed by atoms with van der Waals surface area (Å²) >= 11 is 1.62. The van der Waals surface area contributed by atoms with Crippen LogP contribution in [-0.4, -0.2) is 49.2 Å². The van der Waals surface area contributed by atoms with Crippen LogP contribution in [0, 0.1) is 5.92 Å². The Bertz CT molecular complexity index is 737. The SMILES string of the molecule is O=C(CSc1ccc2ccccc2c1)N1CCC(C2OCCO2)CC1. The lowest BCUT2D eigenvalue weighted by molar-refractivity contribution is -0.134. The van der Waals surface area contributed by atoms with Gasteiger partial charge in [0.15, 0.2) is 6.29 Å². The monoisotopic (exact) mass is 357 g/mol. The van der Waals surface area contributed by atoms with Crippen molar-refractivity contribution < 1.29 is 14.3 Å². The number of fused-ring (bicyclic) bond motifs is 1. The van der Waals surface area contributed by atoms with Gasteiger partial charge < -0.3 is 14.4 Å². The number of benzene rings is 2. The molecule has 0 atom stereocenters. The van der Waals surface area contributed by atoms with Crippen molar-refractivity contribution >= 4 is 28.4 Å². The fraction of sp³-hybridized carbons (Fsp3) is 0.450. The molecule has 0 radical (unpaired) electrons. The number of rotatable bonds is 4. The van der Waals surface area contributed by atoms with Crippen LogP contribution >= 0.6 is 11.8 Å². The highest BCUT2D eigenvalue weighted by Crippen LogP contribution is 2.27. The lowest BCUT2D eigenvalue weighted by Gasteiger charge is -2.33. The van der Waals surface area contributed by atoms with Gasteiger partial charge in [-0.1, -0.05) is 30.3 Å². The molecule has 2 aliphatic heterocycles. The molecule has 25 heavy (non-hydrogen) atoms. The maximum Gasteiger partial charge on any atom is 0.232 e. The third-order valence-electron chi connectivity index (χ3n) is 5.01. The fourth-order valence-corrected chi connectivity index (χ4v) is 4.41. The predicted octanol–water partition coefficient (Wildman–Crippen LogP) is 3.54. The smallest absolute Gasteiger partial charge is 0.232 e. The molecular formula is C20H23NO3S. The van der Waals surface area contributed by atoms with Crippen LogP contribution in [0.4, 0.5) is 0 Å². The Morgan fingerprint density at radius 3 is 2.52 bits per heavy atom. The number of thioether (sulfide) groups is 1. The number of carbonyl (C=O) groups is 1. The van der Waals surface area contributed by atoms with Crippen molar-refractivity contribution in [2.24, 2.45) is 5.92 Å². The van der Waals surface area contributed by atoms with E-state index in [4.69, 9.17) is 9.47 Å². The van der Waals surface area contributed by atoms with E-state index in [0.717, 1.165) is 30.8 Å². The van der Waals surface area contributed by atoms with Crippen LogP contribution in [0.3, 0.4) is 0 Å². The number of amides is 1. The fourth-order valence-electron chi connectivity index (χ4n) is 3.56. The van der Waals surface area contributed by atoms with Gasteiger partial charge in [0.2, 0.25) is 5.91 Å². The molecule has 2 fully saturated rings. The predicted molar refractivity (Wildman–Crippen MR) is 99.7 cm³/mol. The molecule has 0 aliphatic carbocycles. The molecule has 4 nitrogen and oxygen atoms in total. The molecule has 5 heteroatoms. The summed E-state index contributed by atoms with van der Waals surface area (Å²) < 4.78 is 11.2. The lowest BCUT2D eigenvalue weighted by Crippen LogP contribution is -2.42. The summed E-state index contributed by atoms with van der Waals surface area (Å²) in [6, 6.07) is 14.7. The molecule has 4 rings (SSSR count). The van der Waals surface area contributed by atoms with Crippen LogP contribution in [0.5, 0.6) is 0 Å². The molecule has 0 bridgehead atoms. The largest absolute Gasteiger partial charge is 0.350 e. The summed E-state index contributed by atoms with van der Waals surface area (Å²) in [5.74, 6) is 1.16. The molecule has 0 saturated carbocycles. The van der Waals surface area contributed by atoms with Gasteiger partial charge >= 0.3 is 0 Å². The van der Waals surface area contributed by atoms with Crippen molar-refractivity contribution in [2.45, 2.75) is 24.0 Å². The van der Waals surface area contributed by atoms with Crippen LogP contribution in [0.1, 0.15) is 12.8 Å². The zero-order valence-corrected chi connectivity index (χ0v) is 15.0. The summed E-state index contributed by atoms with van der Waals surface area (Å²) in [4.78, 5) is 15.6. The molecular weight excluding hydrogens is 334 g/mol. The van der Waals surface area contributed by atoms with Gasteiger partial charge in [0.05, 0.1) is 19.0 Å². The molecule has 0 aromatic heterocycles. The third kappa shape index (κ3) is 4.00. The Morgan fingerprint density at radius 2 is 1.76 bits per heavy atom. The summed E-state index contributed by atoms with van der Waals surface area (Å²) in [6.07, 6.45) is 1.89. The van der Waals surface area contributed by atoms with E-state index >= 15 is 0 Å². The van der Waals surface area contributed by atoms with E-state index in [0.29, 0.717) is 24.9 Å². The highest BCUT2D eigenvalue weighted by molar-refractivity contribution is 8.00. The number of nitrogens with zero attached hydrogens (tertiary/aromatic N) is 1. The highest BCUT2D eigenvalue weighted by atomic mass is 32.2. The Kier molecular flexibility index (Phi) is 5.25. The number of hydrogen-bond acceptors (Lipinski definition) is 4. The van der Waals surface area contributed by atoms with Gasteiger partial charge in [-0.05, 0) is 35.7 Å². The minimum absolute atomic E-state index is 0.0516. The Balaban J connectivity index is 1.28. The maximum absolute atomic E-state index is 12.5. The van der Waals surface area contributed by atoms with E-state index in [2.05, 4.69) is 30.3 Å². The van der Waals surface area contributed by atoms with E-state index in [9.17, 15) is 4.79 Å². The number of ether oxygens (including phenoxy) is 2. The minimum Gasteiger partial charge on any atom is -0.350 e. The highest BCUT2D eigenvalue weighted by Gasteiger charge is 2.31. The average Bonchev–Trinajstić information content (AvgIpc) is 3.21. The first-order chi connectivity index (χ1) is 12.3. The number of piperidine rings is 1. The van der Waals surface area contributed by atoms with Gasteiger partial charge in [-0.15, -0.1) is 11.8 Å².